The largest absolute Gasteiger partial charge is 0.398 e. The number of amides is 1. The van der Waals surface area contributed by atoms with Gasteiger partial charge in [-0.1, -0.05) is 24.3 Å². The van der Waals surface area contributed by atoms with Gasteiger partial charge in [-0.3, -0.25) is 9.48 Å². The van der Waals surface area contributed by atoms with E-state index >= 15 is 0 Å². The van der Waals surface area contributed by atoms with E-state index in [1.54, 1.807) is 24.2 Å². The normalized spacial score (nSPS) is 16.5. The number of rotatable bonds is 12. The van der Waals surface area contributed by atoms with Gasteiger partial charge in [0.15, 0.2) is 0 Å². The molecule has 0 atom stereocenters. The number of ether oxygens (including phenoxy) is 2. The predicted molar refractivity (Wildman–Crippen MR) is 173 cm³/mol. The van der Waals surface area contributed by atoms with Crippen LogP contribution in [-0.2, 0) is 14.3 Å². The molecule has 2 heterocycles. The Bertz CT molecular complexity index is 1500. The van der Waals surface area contributed by atoms with Crippen LogP contribution in [0.15, 0.2) is 48.7 Å². The van der Waals surface area contributed by atoms with E-state index in [1.165, 1.54) is 12.3 Å². The molecule has 2 aromatic rings. The fourth-order valence-corrected chi connectivity index (χ4v) is 5.71. The smallest absolute Gasteiger partial charge is 0.245 e. The molecule has 1 aliphatic heterocycles. The Morgan fingerprint density at radius 2 is 1.98 bits per heavy atom. The summed E-state index contributed by atoms with van der Waals surface area (Å²) in [6.07, 6.45) is 11.4. The first kappa shape index (κ1) is 31.9. The molecule has 5 N–H and O–H groups in total. The van der Waals surface area contributed by atoms with E-state index in [0.717, 1.165) is 35.2 Å². The minimum absolute atomic E-state index is 0.0620. The van der Waals surface area contributed by atoms with E-state index in [2.05, 4.69) is 11.9 Å². The third-order valence-electron chi connectivity index (χ3n) is 7.76. The molecule has 1 amide bonds. The molecule has 1 saturated heterocycles. The molecule has 4 rings (SSSR count). The molecule has 228 valence electrons. The fourth-order valence-electron chi connectivity index (χ4n) is 5.46. The lowest BCUT2D eigenvalue weighted by Gasteiger charge is -2.32. The van der Waals surface area contributed by atoms with Gasteiger partial charge in [0.25, 0.3) is 0 Å². The lowest BCUT2D eigenvalue weighted by atomic mass is 9.90. The first-order valence-corrected chi connectivity index (χ1v) is 14.7. The number of nitrogens with zero attached hydrogens (tertiary/aromatic N) is 3. The fraction of sp³-hybridized carbons (Fsp3) is 0.375. The number of benzene rings is 1. The Kier molecular flexibility index (Phi) is 10.7. The summed E-state index contributed by atoms with van der Waals surface area (Å²) in [5, 5.41) is 25.6. The van der Waals surface area contributed by atoms with Crippen LogP contribution >= 0.6 is 11.6 Å². The summed E-state index contributed by atoms with van der Waals surface area (Å²) in [4.78, 5) is 14.0. The maximum absolute atomic E-state index is 12.2. The number of nitrogen functional groups attached to an aromatic ring is 1. The monoisotopic (exact) mass is 605 g/mol. The zero-order chi connectivity index (χ0) is 31.1. The van der Waals surface area contributed by atoms with Crippen molar-refractivity contribution in [1.82, 2.24) is 20.0 Å². The maximum Gasteiger partial charge on any atom is 0.245 e. The molecule has 43 heavy (non-hydrogen) atoms. The number of allylic oxidation sites excluding steroid dienone is 5. The molecule has 0 unspecified atom stereocenters. The minimum atomic E-state index is -0.0657. The third-order valence-corrected chi connectivity index (χ3v) is 8.25. The SMILES string of the molecule is C=CC(=O)N1CCC(n2nc(C3=C/C(=C/NCCOCCOC)C(=N)C=C3)c(-c3c(Cl)c(C)cc(N)c3C=N)c2C)CC1. The van der Waals surface area contributed by atoms with Gasteiger partial charge in [0.05, 0.1) is 36.6 Å². The number of nitrogens with two attached hydrogens (primary N) is 1. The summed E-state index contributed by atoms with van der Waals surface area (Å²) in [6.45, 7) is 10.9. The van der Waals surface area contributed by atoms with Crippen LogP contribution in [0.1, 0.15) is 41.4 Å². The van der Waals surface area contributed by atoms with E-state index in [4.69, 9.17) is 42.7 Å². The highest BCUT2D eigenvalue weighted by atomic mass is 35.5. The molecule has 2 aliphatic rings. The van der Waals surface area contributed by atoms with Crippen LogP contribution in [-0.4, -0.2) is 79.1 Å². The van der Waals surface area contributed by atoms with Crippen molar-refractivity contribution in [2.75, 3.05) is 52.3 Å². The quantitative estimate of drug-likeness (QED) is 0.118. The molecular weight excluding hydrogens is 566 g/mol. The minimum Gasteiger partial charge on any atom is -0.398 e. The summed E-state index contributed by atoms with van der Waals surface area (Å²) in [6, 6.07) is 1.84. The molecule has 1 aliphatic carbocycles. The van der Waals surface area contributed by atoms with Gasteiger partial charge < -0.3 is 36.2 Å². The summed E-state index contributed by atoms with van der Waals surface area (Å²) in [5.74, 6) is -0.0657. The molecular formula is C32H40ClN7O3. The molecule has 0 saturated carbocycles. The van der Waals surface area contributed by atoms with Gasteiger partial charge in [-0.05, 0) is 56.5 Å². The molecule has 10 nitrogen and oxygen atoms in total. The number of carbonyl (C=O) groups excluding carboxylic acids is 1. The highest BCUT2D eigenvalue weighted by Crippen LogP contribution is 2.43. The van der Waals surface area contributed by atoms with Crippen LogP contribution in [0.3, 0.4) is 0 Å². The van der Waals surface area contributed by atoms with Gasteiger partial charge in [0, 0.05) is 78.4 Å². The van der Waals surface area contributed by atoms with Crippen molar-refractivity contribution >= 4 is 40.7 Å². The number of likely N-dealkylation sites (tertiary alicyclic amines) is 1. The second-order valence-corrected chi connectivity index (χ2v) is 10.9. The zero-order valence-corrected chi connectivity index (χ0v) is 25.8. The number of carbonyl (C=O) groups is 1. The topological polar surface area (TPSA) is 142 Å². The maximum atomic E-state index is 12.2. The summed E-state index contributed by atoms with van der Waals surface area (Å²) in [7, 11) is 1.64. The Morgan fingerprint density at radius 1 is 1.23 bits per heavy atom. The number of aromatic nitrogens is 2. The molecule has 1 aromatic heterocycles. The van der Waals surface area contributed by atoms with Crippen molar-refractivity contribution in [3.05, 3.63) is 76.3 Å². The number of piperidine rings is 1. The summed E-state index contributed by atoms with van der Waals surface area (Å²) in [5.41, 5.74) is 13.1. The Balaban J connectivity index is 1.77. The molecule has 0 radical (unpaired) electrons. The zero-order valence-electron chi connectivity index (χ0n) is 25.0. The lowest BCUT2D eigenvalue weighted by molar-refractivity contribution is -0.127. The van der Waals surface area contributed by atoms with Gasteiger partial charge >= 0.3 is 0 Å². The van der Waals surface area contributed by atoms with Crippen LogP contribution < -0.4 is 11.1 Å². The number of halogens is 1. The van der Waals surface area contributed by atoms with Crippen molar-refractivity contribution in [2.24, 2.45) is 0 Å². The van der Waals surface area contributed by atoms with E-state index < -0.39 is 0 Å². The average Bonchev–Trinajstić information content (AvgIpc) is 3.35. The number of hydrogen-bond acceptors (Lipinski definition) is 8. The van der Waals surface area contributed by atoms with Gasteiger partial charge in [-0.25, -0.2) is 0 Å². The molecule has 11 heteroatoms. The van der Waals surface area contributed by atoms with Gasteiger partial charge in [0.1, 0.15) is 5.69 Å². The van der Waals surface area contributed by atoms with Crippen LogP contribution in [0.5, 0.6) is 0 Å². The average molecular weight is 606 g/mol. The first-order valence-electron chi connectivity index (χ1n) is 14.3. The van der Waals surface area contributed by atoms with E-state index in [1.807, 2.05) is 36.9 Å². The second-order valence-electron chi connectivity index (χ2n) is 10.5. The van der Waals surface area contributed by atoms with E-state index in [-0.39, 0.29) is 11.9 Å². The third kappa shape index (κ3) is 6.98. The van der Waals surface area contributed by atoms with E-state index in [9.17, 15) is 4.79 Å². The van der Waals surface area contributed by atoms with Crippen LogP contribution in [0.4, 0.5) is 5.69 Å². The number of methoxy groups -OCH3 is 1. The van der Waals surface area contributed by atoms with Gasteiger partial charge in [-0.2, -0.15) is 5.10 Å². The molecule has 0 bridgehead atoms. The van der Waals surface area contributed by atoms with Crippen molar-refractivity contribution < 1.29 is 14.3 Å². The molecule has 0 spiro atoms. The van der Waals surface area contributed by atoms with Crippen LogP contribution in [0.25, 0.3) is 16.7 Å². The summed E-state index contributed by atoms with van der Waals surface area (Å²) < 4.78 is 12.5. The van der Waals surface area contributed by atoms with Gasteiger partial charge in [-0.15, -0.1) is 0 Å². The molecule has 1 fully saturated rings. The summed E-state index contributed by atoms with van der Waals surface area (Å²) >= 11 is 6.95. The Hall–Kier alpha value is -3.99. The van der Waals surface area contributed by atoms with Crippen LogP contribution in [0, 0.1) is 24.7 Å². The van der Waals surface area contributed by atoms with Crippen molar-refractivity contribution in [3.8, 4) is 11.1 Å². The highest BCUT2D eigenvalue weighted by Gasteiger charge is 2.30. The first-order chi connectivity index (χ1) is 20.7. The van der Waals surface area contributed by atoms with Crippen LogP contribution in [0.2, 0.25) is 5.02 Å². The lowest BCUT2D eigenvalue weighted by Crippen LogP contribution is -2.38. The van der Waals surface area contributed by atoms with Gasteiger partial charge in [0.2, 0.25) is 5.91 Å². The number of nitrogens with one attached hydrogen (secondary N) is 3. The highest BCUT2D eigenvalue weighted by molar-refractivity contribution is 6.35. The second kappa shape index (κ2) is 14.5. The van der Waals surface area contributed by atoms with Crippen molar-refractivity contribution in [3.63, 3.8) is 0 Å². The number of anilines is 1. The van der Waals surface area contributed by atoms with Crippen molar-refractivity contribution in [1.29, 1.82) is 10.8 Å². The standard InChI is InChI=1S/C32H40ClN7O3/c1-5-28(41)39-11-8-24(9-12-39)40-21(3)29(30-25(18-34)27(36)16-20(2)31(30)33)32(38-40)22-6-7-26(35)23(17-22)19-37-10-13-43-15-14-42-4/h5-7,16-19,24,34-35,37H,1,8-15,36H2,2-4H3/b23-19-,34-18?,35-26?. The van der Waals surface area contributed by atoms with Crippen molar-refractivity contribution in [2.45, 2.75) is 32.7 Å². The Labute approximate surface area is 257 Å². The molecule has 1 aromatic carbocycles. The predicted octanol–water partition coefficient (Wildman–Crippen LogP) is 4.86. The number of aryl methyl sites for hydroxylation is 1. The van der Waals surface area contributed by atoms with E-state index in [0.29, 0.717) is 78.3 Å². The number of hydrogen-bond donors (Lipinski definition) is 4. The Morgan fingerprint density at radius 3 is 2.65 bits per heavy atom.